The van der Waals surface area contributed by atoms with Gasteiger partial charge in [0, 0.05) is 6.07 Å². The van der Waals surface area contributed by atoms with Gasteiger partial charge >= 0.3 is 0 Å². The fourth-order valence-electron chi connectivity index (χ4n) is 1.79. The van der Waals surface area contributed by atoms with Gasteiger partial charge in [-0.1, -0.05) is 6.92 Å². The van der Waals surface area contributed by atoms with Gasteiger partial charge in [0.05, 0.1) is 11.8 Å². The highest BCUT2D eigenvalue weighted by Gasteiger charge is 2.33. The Morgan fingerprint density at radius 1 is 1.59 bits per heavy atom. The van der Waals surface area contributed by atoms with E-state index in [1.807, 2.05) is 13.0 Å². The first-order valence-electron chi connectivity index (χ1n) is 5.32. The van der Waals surface area contributed by atoms with Crippen LogP contribution >= 0.6 is 0 Å². The Morgan fingerprint density at radius 2 is 2.35 bits per heavy atom. The lowest BCUT2D eigenvalue weighted by molar-refractivity contribution is -0.126. The van der Waals surface area contributed by atoms with Gasteiger partial charge in [-0.25, -0.2) is 4.39 Å². The molecule has 1 atom stereocenters. The van der Waals surface area contributed by atoms with Gasteiger partial charge < -0.3 is 4.74 Å². The van der Waals surface area contributed by atoms with Crippen LogP contribution < -0.4 is 9.64 Å². The first kappa shape index (κ1) is 11.4. The molecule has 0 saturated heterocycles. The van der Waals surface area contributed by atoms with Crippen molar-refractivity contribution < 1.29 is 13.9 Å². The molecule has 1 unspecified atom stereocenters. The quantitative estimate of drug-likeness (QED) is 0.734. The molecule has 0 bridgehead atoms. The van der Waals surface area contributed by atoms with Gasteiger partial charge in [-0.15, -0.1) is 0 Å². The second kappa shape index (κ2) is 4.42. The Bertz CT molecular complexity index is 496. The fraction of sp³-hybridized carbons (Fsp3) is 0.333. The summed E-state index contributed by atoms with van der Waals surface area (Å²) in [5.41, 5.74) is 0.321. The second-order valence-electron chi connectivity index (χ2n) is 3.71. The zero-order chi connectivity index (χ0) is 12.4. The lowest BCUT2D eigenvalue weighted by Crippen LogP contribution is -2.45. The predicted octanol–water partition coefficient (Wildman–Crippen LogP) is 1.85. The summed E-state index contributed by atoms with van der Waals surface area (Å²) in [6, 6.07) is 5.85. The van der Waals surface area contributed by atoms with E-state index in [1.54, 1.807) is 0 Å². The van der Waals surface area contributed by atoms with Gasteiger partial charge in [0.2, 0.25) is 0 Å². The Hall–Kier alpha value is -2.09. The number of halogens is 1. The van der Waals surface area contributed by atoms with Crippen molar-refractivity contribution in [1.82, 2.24) is 0 Å². The molecule has 0 aromatic heterocycles. The third kappa shape index (κ3) is 1.94. The molecule has 17 heavy (non-hydrogen) atoms. The molecule has 1 heterocycles. The third-order valence-corrected chi connectivity index (χ3v) is 2.62. The van der Waals surface area contributed by atoms with Gasteiger partial charge in [-0.05, 0) is 18.6 Å². The maximum absolute atomic E-state index is 13.1. The molecule has 1 aliphatic heterocycles. The number of carbonyl (C=O) groups is 1. The number of benzene rings is 1. The molecule has 0 saturated carbocycles. The van der Waals surface area contributed by atoms with Crippen molar-refractivity contribution in [3.63, 3.8) is 0 Å². The summed E-state index contributed by atoms with van der Waals surface area (Å²) in [6.07, 6.45) is -0.0845. The van der Waals surface area contributed by atoms with Crippen molar-refractivity contribution >= 4 is 11.6 Å². The molecule has 4 nitrogen and oxygen atoms in total. The van der Waals surface area contributed by atoms with Crippen LogP contribution in [0, 0.1) is 17.1 Å². The molecule has 0 aliphatic carbocycles. The maximum Gasteiger partial charge on any atom is 0.269 e. The van der Waals surface area contributed by atoms with Crippen LogP contribution in [0.1, 0.15) is 13.3 Å². The SMILES string of the molecule is CCC1Oc2ccc(F)cc2N(CC#N)C1=O. The third-order valence-electron chi connectivity index (χ3n) is 2.62. The molecule has 88 valence electrons. The van der Waals surface area contributed by atoms with E-state index in [0.29, 0.717) is 17.9 Å². The van der Waals surface area contributed by atoms with E-state index in [0.717, 1.165) is 0 Å². The molecule has 0 N–H and O–H groups in total. The number of carbonyl (C=O) groups excluding carboxylic acids is 1. The molecule has 2 rings (SSSR count). The molecular formula is C12H11FN2O2. The molecule has 5 heteroatoms. The van der Waals surface area contributed by atoms with Crippen LogP contribution in [-0.4, -0.2) is 18.6 Å². The number of anilines is 1. The molecule has 0 fully saturated rings. The van der Waals surface area contributed by atoms with Crippen molar-refractivity contribution in [3.8, 4) is 11.8 Å². The summed E-state index contributed by atoms with van der Waals surface area (Å²) in [7, 11) is 0. The average molecular weight is 234 g/mol. The summed E-state index contributed by atoms with van der Waals surface area (Å²) in [5.74, 6) is -0.321. The topological polar surface area (TPSA) is 53.3 Å². The number of nitrogens with zero attached hydrogens (tertiary/aromatic N) is 2. The Balaban J connectivity index is 2.47. The van der Waals surface area contributed by atoms with Crippen LogP contribution in [0.25, 0.3) is 0 Å². The smallest absolute Gasteiger partial charge is 0.269 e. The first-order valence-corrected chi connectivity index (χ1v) is 5.32. The fourth-order valence-corrected chi connectivity index (χ4v) is 1.79. The lowest BCUT2D eigenvalue weighted by Gasteiger charge is -2.32. The molecule has 1 amide bonds. The molecule has 1 aliphatic rings. The maximum atomic E-state index is 13.1. The average Bonchev–Trinajstić information content (AvgIpc) is 2.33. The first-order chi connectivity index (χ1) is 8.17. The minimum absolute atomic E-state index is 0.102. The van der Waals surface area contributed by atoms with Gasteiger partial charge in [-0.2, -0.15) is 5.26 Å². The van der Waals surface area contributed by atoms with Gasteiger partial charge in [0.25, 0.3) is 5.91 Å². The number of nitriles is 1. The highest BCUT2D eigenvalue weighted by atomic mass is 19.1. The predicted molar refractivity (Wildman–Crippen MR) is 59.1 cm³/mol. The normalized spacial score (nSPS) is 18.3. The van der Waals surface area contributed by atoms with Crippen LogP contribution in [0.2, 0.25) is 0 Å². The highest BCUT2D eigenvalue weighted by Crippen LogP contribution is 2.34. The molecule has 0 spiro atoms. The minimum Gasteiger partial charge on any atom is -0.478 e. The van der Waals surface area contributed by atoms with Crippen LogP contribution in [0.4, 0.5) is 10.1 Å². The summed E-state index contributed by atoms with van der Waals surface area (Å²) in [6.45, 7) is 1.72. The van der Waals surface area contributed by atoms with Crippen LogP contribution in [0.3, 0.4) is 0 Å². The lowest BCUT2D eigenvalue weighted by atomic mass is 10.1. The van der Waals surface area contributed by atoms with Crippen molar-refractivity contribution in [1.29, 1.82) is 5.26 Å². The van der Waals surface area contributed by atoms with Crippen molar-refractivity contribution in [2.75, 3.05) is 11.4 Å². The number of ether oxygens (including phenoxy) is 1. The van der Waals surface area contributed by atoms with E-state index in [1.165, 1.54) is 23.1 Å². The second-order valence-corrected chi connectivity index (χ2v) is 3.71. The van der Waals surface area contributed by atoms with Gasteiger partial charge in [-0.3, -0.25) is 9.69 Å². The number of amides is 1. The zero-order valence-electron chi connectivity index (χ0n) is 9.31. The zero-order valence-corrected chi connectivity index (χ0v) is 9.31. The monoisotopic (exact) mass is 234 g/mol. The Labute approximate surface area is 98.2 Å². The summed E-state index contributed by atoms with van der Waals surface area (Å²) < 4.78 is 18.6. The van der Waals surface area contributed by atoms with E-state index in [-0.39, 0.29) is 12.5 Å². The summed E-state index contributed by atoms with van der Waals surface area (Å²) in [4.78, 5) is 13.2. The molecule has 1 aromatic carbocycles. The summed E-state index contributed by atoms with van der Waals surface area (Å²) >= 11 is 0. The van der Waals surface area contributed by atoms with E-state index < -0.39 is 11.9 Å². The van der Waals surface area contributed by atoms with Crippen molar-refractivity contribution in [2.45, 2.75) is 19.4 Å². The molecule has 1 aromatic rings. The number of fused-ring (bicyclic) bond motifs is 1. The standard InChI is InChI=1S/C12H11FN2O2/c1-2-10-12(16)15(6-5-14)9-7-8(13)3-4-11(9)17-10/h3-4,7,10H,2,6H2,1H3. The minimum atomic E-state index is -0.596. The number of hydrogen-bond donors (Lipinski definition) is 0. The van der Waals surface area contributed by atoms with Crippen LogP contribution in [0.5, 0.6) is 5.75 Å². The van der Waals surface area contributed by atoms with Gasteiger partial charge in [0.15, 0.2) is 6.10 Å². The van der Waals surface area contributed by atoms with E-state index >= 15 is 0 Å². The van der Waals surface area contributed by atoms with E-state index in [9.17, 15) is 9.18 Å². The Kier molecular flexibility index (Phi) is 2.96. The molecular weight excluding hydrogens is 223 g/mol. The highest BCUT2D eigenvalue weighted by molar-refractivity contribution is 6.00. The van der Waals surface area contributed by atoms with Gasteiger partial charge in [0.1, 0.15) is 18.1 Å². The Morgan fingerprint density at radius 3 is 3.00 bits per heavy atom. The number of rotatable bonds is 2. The largest absolute Gasteiger partial charge is 0.478 e. The molecule has 0 radical (unpaired) electrons. The van der Waals surface area contributed by atoms with Crippen molar-refractivity contribution in [3.05, 3.63) is 24.0 Å². The summed E-state index contributed by atoms with van der Waals surface area (Å²) in [5, 5.41) is 8.71. The van der Waals surface area contributed by atoms with Crippen LogP contribution in [-0.2, 0) is 4.79 Å². The van der Waals surface area contributed by atoms with E-state index in [4.69, 9.17) is 10.00 Å². The van der Waals surface area contributed by atoms with Crippen LogP contribution in [0.15, 0.2) is 18.2 Å². The number of hydrogen-bond acceptors (Lipinski definition) is 3. The van der Waals surface area contributed by atoms with E-state index in [2.05, 4.69) is 0 Å². The van der Waals surface area contributed by atoms with Crippen molar-refractivity contribution in [2.24, 2.45) is 0 Å².